The second kappa shape index (κ2) is 8.60. The van der Waals surface area contributed by atoms with E-state index >= 15 is 0 Å². The summed E-state index contributed by atoms with van der Waals surface area (Å²) in [4.78, 5) is 29.2. The summed E-state index contributed by atoms with van der Waals surface area (Å²) in [5.41, 5.74) is 2.88. The number of likely N-dealkylation sites (tertiary alicyclic amines) is 1. The second-order valence-electron chi connectivity index (χ2n) is 8.76. The molecular weight excluding hydrogens is 434 g/mol. The number of nitrogens with zero attached hydrogens (tertiary/aromatic N) is 6. The number of aromatic amines is 1. The summed E-state index contributed by atoms with van der Waals surface area (Å²) < 4.78 is 12.5. The summed E-state index contributed by atoms with van der Waals surface area (Å²) in [6.45, 7) is 4.19. The van der Waals surface area contributed by atoms with E-state index < -0.39 is 0 Å². The van der Waals surface area contributed by atoms with E-state index in [1.165, 1.54) is 7.11 Å². The maximum Gasteiger partial charge on any atom is 0.409 e. The number of ether oxygens (including phenoxy) is 2. The van der Waals surface area contributed by atoms with Crippen LogP contribution in [0.2, 0.25) is 0 Å². The van der Waals surface area contributed by atoms with Crippen molar-refractivity contribution in [1.82, 2.24) is 29.6 Å². The Kier molecular flexibility index (Phi) is 5.29. The second-order valence-corrected chi connectivity index (χ2v) is 8.76. The zero-order valence-electron chi connectivity index (χ0n) is 19.1. The first-order valence-corrected chi connectivity index (χ1v) is 11.7. The number of piperidine rings is 1. The number of aromatic nitrogens is 5. The van der Waals surface area contributed by atoms with Gasteiger partial charge in [0.05, 0.1) is 37.9 Å². The fourth-order valence-corrected chi connectivity index (χ4v) is 4.94. The van der Waals surface area contributed by atoms with E-state index in [1.54, 1.807) is 4.90 Å². The predicted octanol–water partition coefficient (Wildman–Crippen LogP) is 3.21. The highest BCUT2D eigenvalue weighted by Crippen LogP contribution is 2.32. The number of methoxy groups -OCH3 is 1. The van der Waals surface area contributed by atoms with Gasteiger partial charge in [0.2, 0.25) is 0 Å². The highest BCUT2D eigenvalue weighted by molar-refractivity contribution is 5.90. The van der Waals surface area contributed by atoms with Crippen LogP contribution in [0.1, 0.15) is 18.9 Å². The maximum atomic E-state index is 11.9. The standard InChI is InChI=1S/C24H27N7O3/c1-33-24(32)30-8-5-18(6-9-30)31-23-19(15-26-31)22(29-10-12-34-13-11-29)27-21(28-23)17-2-3-20-16(14-17)4-7-25-20/h2-4,7,14-15,18,25H,5-6,8-13H2,1H3. The Morgan fingerprint density at radius 3 is 2.74 bits per heavy atom. The molecule has 0 saturated carbocycles. The number of fused-ring (bicyclic) bond motifs is 2. The Bertz CT molecular complexity index is 1330. The van der Waals surface area contributed by atoms with Crippen molar-refractivity contribution in [3.8, 4) is 11.4 Å². The van der Waals surface area contributed by atoms with Crippen LogP contribution in [-0.2, 0) is 9.47 Å². The molecule has 10 heteroatoms. The largest absolute Gasteiger partial charge is 0.453 e. The molecule has 0 spiro atoms. The fourth-order valence-electron chi connectivity index (χ4n) is 4.94. The highest BCUT2D eigenvalue weighted by atomic mass is 16.5. The minimum Gasteiger partial charge on any atom is -0.453 e. The number of hydrogen-bond donors (Lipinski definition) is 1. The van der Waals surface area contributed by atoms with Crippen molar-refractivity contribution in [2.45, 2.75) is 18.9 Å². The first kappa shape index (κ1) is 20.9. The summed E-state index contributed by atoms with van der Waals surface area (Å²) >= 11 is 0. The van der Waals surface area contributed by atoms with E-state index in [4.69, 9.17) is 24.5 Å². The summed E-state index contributed by atoms with van der Waals surface area (Å²) in [6.07, 6.45) is 5.14. The van der Waals surface area contributed by atoms with E-state index in [0.717, 1.165) is 59.2 Å². The zero-order chi connectivity index (χ0) is 23.1. The number of morpholine rings is 1. The number of amides is 1. The van der Waals surface area contributed by atoms with Gasteiger partial charge in [0, 0.05) is 48.8 Å². The molecule has 4 aromatic rings. The predicted molar refractivity (Wildman–Crippen MR) is 128 cm³/mol. The summed E-state index contributed by atoms with van der Waals surface area (Å²) in [7, 11) is 1.42. The van der Waals surface area contributed by atoms with Crippen molar-refractivity contribution >= 4 is 33.8 Å². The average Bonchev–Trinajstić information content (AvgIpc) is 3.55. The van der Waals surface area contributed by atoms with E-state index in [0.29, 0.717) is 32.1 Å². The molecule has 176 valence electrons. The van der Waals surface area contributed by atoms with Crippen molar-refractivity contribution in [1.29, 1.82) is 0 Å². The molecular formula is C24H27N7O3. The van der Waals surface area contributed by atoms with Crippen LogP contribution in [0.3, 0.4) is 0 Å². The topological polar surface area (TPSA) is 101 Å². The third-order valence-electron chi connectivity index (χ3n) is 6.80. The monoisotopic (exact) mass is 461 g/mol. The van der Waals surface area contributed by atoms with Gasteiger partial charge in [-0.15, -0.1) is 0 Å². The third-order valence-corrected chi connectivity index (χ3v) is 6.80. The number of nitrogens with one attached hydrogen (secondary N) is 1. The van der Waals surface area contributed by atoms with Crippen LogP contribution < -0.4 is 4.90 Å². The average molecular weight is 462 g/mol. The highest BCUT2D eigenvalue weighted by Gasteiger charge is 2.28. The minimum atomic E-state index is -0.275. The molecule has 1 N–H and O–H groups in total. The van der Waals surface area contributed by atoms with Crippen LogP contribution in [0.5, 0.6) is 0 Å². The van der Waals surface area contributed by atoms with Gasteiger partial charge in [-0.05, 0) is 37.1 Å². The van der Waals surface area contributed by atoms with E-state index in [9.17, 15) is 4.79 Å². The van der Waals surface area contributed by atoms with E-state index in [1.807, 2.05) is 17.1 Å². The molecule has 2 saturated heterocycles. The van der Waals surface area contributed by atoms with Gasteiger partial charge in [-0.25, -0.2) is 19.4 Å². The van der Waals surface area contributed by atoms with Crippen LogP contribution >= 0.6 is 0 Å². The molecule has 34 heavy (non-hydrogen) atoms. The summed E-state index contributed by atoms with van der Waals surface area (Å²) in [6, 6.07) is 8.45. The normalized spacial score (nSPS) is 17.6. The number of benzene rings is 1. The molecule has 2 aliphatic rings. The van der Waals surface area contributed by atoms with Gasteiger partial charge in [0.1, 0.15) is 5.82 Å². The van der Waals surface area contributed by atoms with Crippen LogP contribution in [0.15, 0.2) is 36.7 Å². The minimum absolute atomic E-state index is 0.158. The molecule has 3 aromatic heterocycles. The number of H-pyrrole nitrogens is 1. The Labute approximate surface area is 196 Å². The first-order valence-electron chi connectivity index (χ1n) is 11.7. The van der Waals surface area contributed by atoms with Crippen molar-refractivity contribution in [2.75, 3.05) is 51.4 Å². The Hall–Kier alpha value is -3.66. The fraction of sp³-hybridized carbons (Fsp3) is 0.417. The Morgan fingerprint density at radius 2 is 1.94 bits per heavy atom. The molecule has 0 bridgehead atoms. The molecule has 2 aliphatic heterocycles. The molecule has 0 radical (unpaired) electrons. The van der Waals surface area contributed by atoms with Crippen molar-refractivity contribution in [3.63, 3.8) is 0 Å². The van der Waals surface area contributed by atoms with Crippen LogP contribution in [-0.4, -0.2) is 82.2 Å². The van der Waals surface area contributed by atoms with Gasteiger partial charge in [0.15, 0.2) is 11.5 Å². The van der Waals surface area contributed by atoms with Gasteiger partial charge < -0.3 is 24.3 Å². The molecule has 10 nitrogen and oxygen atoms in total. The first-order chi connectivity index (χ1) is 16.7. The van der Waals surface area contributed by atoms with Crippen LogP contribution in [0.4, 0.5) is 10.6 Å². The smallest absolute Gasteiger partial charge is 0.409 e. The van der Waals surface area contributed by atoms with E-state index in [-0.39, 0.29) is 12.1 Å². The number of anilines is 1. The van der Waals surface area contributed by atoms with Gasteiger partial charge in [-0.2, -0.15) is 5.10 Å². The van der Waals surface area contributed by atoms with Crippen LogP contribution in [0.25, 0.3) is 33.3 Å². The summed E-state index contributed by atoms with van der Waals surface area (Å²) in [5, 5.41) is 6.83. The number of rotatable bonds is 3. The lowest BCUT2D eigenvalue weighted by Gasteiger charge is -2.31. The van der Waals surface area contributed by atoms with Gasteiger partial charge in [-0.3, -0.25) is 0 Å². The lowest BCUT2D eigenvalue weighted by atomic mass is 10.1. The van der Waals surface area contributed by atoms with Crippen molar-refractivity contribution in [2.24, 2.45) is 0 Å². The maximum absolute atomic E-state index is 11.9. The molecule has 0 aliphatic carbocycles. The van der Waals surface area contributed by atoms with Gasteiger partial charge in [0.25, 0.3) is 0 Å². The number of hydrogen-bond acceptors (Lipinski definition) is 7. The molecule has 0 unspecified atom stereocenters. The van der Waals surface area contributed by atoms with Gasteiger partial charge in [-0.1, -0.05) is 0 Å². The number of carbonyl (C=O) groups excluding carboxylic acids is 1. The van der Waals surface area contributed by atoms with Crippen molar-refractivity contribution in [3.05, 3.63) is 36.7 Å². The Balaban J connectivity index is 1.42. The quantitative estimate of drug-likeness (QED) is 0.500. The molecule has 6 rings (SSSR count). The summed E-state index contributed by atoms with van der Waals surface area (Å²) in [5.74, 6) is 1.58. The lowest BCUT2D eigenvalue weighted by Crippen LogP contribution is -2.39. The third kappa shape index (κ3) is 3.63. The zero-order valence-corrected chi connectivity index (χ0v) is 19.1. The number of carbonyl (C=O) groups is 1. The molecule has 0 atom stereocenters. The SMILES string of the molecule is COC(=O)N1CCC(n2ncc3c(N4CCOCC4)nc(-c4ccc5[nH]ccc5c4)nc32)CC1. The van der Waals surface area contributed by atoms with Crippen molar-refractivity contribution < 1.29 is 14.3 Å². The van der Waals surface area contributed by atoms with Gasteiger partial charge >= 0.3 is 6.09 Å². The van der Waals surface area contributed by atoms with Crippen LogP contribution in [0, 0.1) is 0 Å². The Morgan fingerprint density at radius 1 is 1.12 bits per heavy atom. The van der Waals surface area contributed by atoms with E-state index in [2.05, 4.69) is 34.1 Å². The molecule has 2 fully saturated rings. The molecule has 1 aromatic carbocycles. The lowest BCUT2D eigenvalue weighted by molar-refractivity contribution is 0.106. The molecule has 5 heterocycles. The molecule has 1 amide bonds.